The number of nitrogens with two attached hydrogens (primary N) is 1. The van der Waals surface area contributed by atoms with E-state index in [1.165, 1.54) is 6.42 Å². The Labute approximate surface area is 116 Å². The monoisotopic (exact) mass is 264 g/mol. The summed E-state index contributed by atoms with van der Waals surface area (Å²) in [5.74, 6) is 1.40. The predicted molar refractivity (Wildman–Crippen MR) is 84.2 cm³/mol. The zero-order valence-corrected chi connectivity index (χ0v) is 12.6. The fraction of sp³-hybridized carbons (Fsp3) is 0.533. The van der Waals surface area contributed by atoms with Crippen molar-refractivity contribution in [2.45, 2.75) is 27.2 Å². The van der Waals surface area contributed by atoms with E-state index in [1.54, 1.807) is 0 Å². The van der Waals surface area contributed by atoms with E-state index < -0.39 is 0 Å². The largest absolute Gasteiger partial charge is 0.389 e. The summed E-state index contributed by atoms with van der Waals surface area (Å²) in [4.78, 5) is 2.72. The van der Waals surface area contributed by atoms with Crippen molar-refractivity contribution in [1.29, 1.82) is 0 Å². The van der Waals surface area contributed by atoms with E-state index in [-0.39, 0.29) is 0 Å². The normalized spacial score (nSPS) is 12.5. The van der Waals surface area contributed by atoms with E-state index >= 15 is 0 Å². The molecular formula is C15H24N2S. The molecule has 1 rings (SSSR count). The number of hydrogen-bond donors (Lipinski definition) is 1. The van der Waals surface area contributed by atoms with E-state index in [0.717, 1.165) is 23.7 Å². The van der Waals surface area contributed by atoms with Crippen LogP contribution in [0.4, 0.5) is 5.69 Å². The molecule has 18 heavy (non-hydrogen) atoms. The summed E-state index contributed by atoms with van der Waals surface area (Å²) in [6, 6.07) is 8.07. The van der Waals surface area contributed by atoms with Crippen molar-refractivity contribution in [3.05, 3.63) is 29.8 Å². The predicted octanol–water partition coefficient (Wildman–Crippen LogP) is 3.44. The molecule has 0 fully saturated rings. The molecule has 0 radical (unpaired) electrons. The average Bonchev–Trinajstić information content (AvgIpc) is 2.27. The lowest BCUT2D eigenvalue weighted by atomic mass is 9.98. The molecule has 2 nitrogen and oxygen atoms in total. The number of hydrogen-bond acceptors (Lipinski definition) is 2. The van der Waals surface area contributed by atoms with Gasteiger partial charge in [-0.15, -0.1) is 0 Å². The van der Waals surface area contributed by atoms with Crippen LogP contribution in [-0.4, -0.2) is 18.6 Å². The second-order valence-corrected chi connectivity index (χ2v) is 5.94. The minimum atomic E-state index is 0.467. The molecule has 1 atom stereocenters. The van der Waals surface area contributed by atoms with Crippen molar-refractivity contribution in [2.24, 2.45) is 17.6 Å². The molecule has 0 aromatic heterocycles. The summed E-state index contributed by atoms with van der Waals surface area (Å²) in [7, 11) is 2.11. The Morgan fingerprint density at radius 3 is 2.44 bits per heavy atom. The van der Waals surface area contributed by atoms with Gasteiger partial charge in [-0.05, 0) is 30.4 Å². The van der Waals surface area contributed by atoms with Gasteiger partial charge in [-0.2, -0.15) is 0 Å². The van der Waals surface area contributed by atoms with Crippen LogP contribution in [0.5, 0.6) is 0 Å². The first-order valence-electron chi connectivity index (χ1n) is 6.51. The molecule has 0 amide bonds. The van der Waals surface area contributed by atoms with Crippen molar-refractivity contribution in [2.75, 3.05) is 18.5 Å². The number of rotatable bonds is 6. The van der Waals surface area contributed by atoms with Gasteiger partial charge in [0.2, 0.25) is 0 Å². The molecule has 0 aliphatic rings. The summed E-state index contributed by atoms with van der Waals surface area (Å²) >= 11 is 5.10. The van der Waals surface area contributed by atoms with E-state index in [1.807, 2.05) is 18.2 Å². The van der Waals surface area contributed by atoms with Crippen LogP contribution in [0.25, 0.3) is 0 Å². The van der Waals surface area contributed by atoms with Crippen LogP contribution >= 0.6 is 12.2 Å². The van der Waals surface area contributed by atoms with E-state index in [2.05, 4.69) is 38.8 Å². The first-order valence-corrected chi connectivity index (χ1v) is 6.92. The van der Waals surface area contributed by atoms with Gasteiger partial charge in [0, 0.05) is 24.8 Å². The molecule has 3 heteroatoms. The number of thiocarbonyl (C=S) groups is 1. The summed E-state index contributed by atoms with van der Waals surface area (Å²) in [5.41, 5.74) is 7.86. The number of anilines is 1. The minimum absolute atomic E-state index is 0.467. The van der Waals surface area contributed by atoms with Crippen molar-refractivity contribution in [3.8, 4) is 0 Å². The van der Waals surface area contributed by atoms with Gasteiger partial charge >= 0.3 is 0 Å². The topological polar surface area (TPSA) is 29.3 Å². The van der Waals surface area contributed by atoms with Gasteiger partial charge in [-0.1, -0.05) is 45.1 Å². The highest BCUT2D eigenvalue weighted by molar-refractivity contribution is 7.80. The van der Waals surface area contributed by atoms with Crippen LogP contribution < -0.4 is 10.6 Å². The highest BCUT2D eigenvalue weighted by Gasteiger charge is 2.12. The molecular weight excluding hydrogens is 240 g/mol. The molecule has 0 heterocycles. The maximum absolute atomic E-state index is 5.77. The lowest BCUT2D eigenvalue weighted by molar-refractivity contribution is 0.441. The first-order chi connectivity index (χ1) is 8.41. The zero-order chi connectivity index (χ0) is 13.7. The molecule has 0 spiro atoms. The first kappa shape index (κ1) is 15.0. The molecule has 0 aliphatic carbocycles. The van der Waals surface area contributed by atoms with Crippen molar-refractivity contribution in [3.63, 3.8) is 0 Å². The van der Waals surface area contributed by atoms with Crippen LogP contribution in [0.2, 0.25) is 0 Å². The fourth-order valence-corrected chi connectivity index (χ4v) is 2.63. The number of benzene rings is 1. The lowest BCUT2D eigenvalue weighted by Gasteiger charge is -2.26. The Hall–Kier alpha value is -1.09. The Morgan fingerprint density at radius 1 is 1.28 bits per heavy atom. The molecule has 100 valence electrons. The van der Waals surface area contributed by atoms with Gasteiger partial charge in [-0.3, -0.25) is 0 Å². The van der Waals surface area contributed by atoms with Gasteiger partial charge in [0.1, 0.15) is 4.99 Å². The standard InChI is InChI=1S/C15H24N2S/c1-11(2)9-12(3)10-17(4)14-8-6-5-7-13(14)15(16)18/h5-8,11-12H,9-10H2,1-4H3,(H2,16,18). The molecule has 0 aliphatic heterocycles. The maximum Gasteiger partial charge on any atom is 0.106 e. The molecule has 1 aromatic carbocycles. The smallest absolute Gasteiger partial charge is 0.106 e. The van der Waals surface area contributed by atoms with Crippen LogP contribution in [-0.2, 0) is 0 Å². The molecule has 2 N–H and O–H groups in total. The van der Waals surface area contributed by atoms with Crippen LogP contribution in [0.3, 0.4) is 0 Å². The SMILES string of the molecule is CC(C)CC(C)CN(C)c1ccccc1C(N)=S. The van der Waals surface area contributed by atoms with E-state index in [9.17, 15) is 0 Å². The van der Waals surface area contributed by atoms with Gasteiger partial charge in [0.15, 0.2) is 0 Å². The molecule has 1 aromatic rings. The quantitative estimate of drug-likeness (QED) is 0.798. The van der Waals surface area contributed by atoms with Crippen LogP contribution in [0.15, 0.2) is 24.3 Å². The van der Waals surface area contributed by atoms with E-state index in [0.29, 0.717) is 10.9 Å². The highest BCUT2D eigenvalue weighted by Crippen LogP contribution is 2.21. The average molecular weight is 264 g/mol. The molecule has 0 saturated heterocycles. The van der Waals surface area contributed by atoms with Crippen molar-refractivity contribution >= 4 is 22.9 Å². The molecule has 1 unspecified atom stereocenters. The van der Waals surface area contributed by atoms with Crippen LogP contribution in [0, 0.1) is 11.8 Å². The summed E-state index contributed by atoms with van der Waals surface area (Å²) in [6.07, 6.45) is 1.24. The van der Waals surface area contributed by atoms with Gasteiger partial charge in [0.25, 0.3) is 0 Å². The second kappa shape index (κ2) is 6.74. The Bertz CT molecular complexity index is 401. The molecule has 0 saturated carbocycles. The summed E-state index contributed by atoms with van der Waals surface area (Å²) in [5, 5.41) is 0. The fourth-order valence-electron chi connectivity index (χ4n) is 2.46. The zero-order valence-electron chi connectivity index (χ0n) is 11.8. The van der Waals surface area contributed by atoms with Crippen molar-refractivity contribution < 1.29 is 0 Å². The second-order valence-electron chi connectivity index (χ2n) is 5.50. The summed E-state index contributed by atoms with van der Waals surface area (Å²) in [6.45, 7) is 7.84. The Balaban J connectivity index is 2.78. The third kappa shape index (κ3) is 4.30. The molecule has 0 bridgehead atoms. The maximum atomic E-state index is 5.77. The van der Waals surface area contributed by atoms with Gasteiger partial charge < -0.3 is 10.6 Å². The third-order valence-electron chi connectivity index (χ3n) is 3.04. The Kier molecular flexibility index (Phi) is 5.60. The summed E-state index contributed by atoms with van der Waals surface area (Å²) < 4.78 is 0. The highest BCUT2D eigenvalue weighted by atomic mass is 32.1. The van der Waals surface area contributed by atoms with E-state index in [4.69, 9.17) is 18.0 Å². The minimum Gasteiger partial charge on any atom is -0.389 e. The van der Waals surface area contributed by atoms with Gasteiger partial charge in [-0.25, -0.2) is 0 Å². The lowest BCUT2D eigenvalue weighted by Crippen LogP contribution is -2.27. The van der Waals surface area contributed by atoms with Gasteiger partial charge in [0.05, 0.1) is 0 Å². The van der Waals surface area contributed by atoms with Crippen LogP contribution in [0.1, 0.15) is 32.8 Å². The number of para-hydroxylation sites is 1. The third-order valence-corrected chi connectivity index (χ3v) is 3.26. The van der Waals surface area contributed by atoms with Crippen molar-refractivity contribution in [1.82, 2.24) is 0 Å². The Morgan fingerprint density at radius 2 is 1.89 bits per heavy atom. The number of nitrogens with zero attached hydrogens (tertiary/aromatic N) is 1.